The van der Waals surface area contributed by atoms with Crippen LogP contribution < -0.4 is 5.73 Å². The zero-order valence-electron chi connectivity index (χ0n) is 12.3. The molecule has 110 valence electrons. The molecule has 3 N–H and O–H groups in total. The van der Waals surface area contributed by atoms with E-state index in [1.165, 1.54) is 10.5 Å². The van der Waals surface area contributed by atoms with E-state index in [1.807, 2.05) is 20.8 Å². The predicted octanol–water partition coefficient (Wildman–Crippen LogP) is 2.42. The van der Waals surface area contributed by atoms with Gasteiger partial charge in [-0.3, -0.25) is 0 Å². The Hall–Kier alpha value is -1.53. The Labute approximate surface area is 119 Å². The van der Waals surface area contributed by atoms with Gasteiger partial charge in [-0.05, 0) is 23.6 Å². The van der Waals surface area contributed by atoms with Gasteiger partial charge in [-0.1, -0.05) is 20.8 Å². The molecule has 0 aliphatic rings. The first kappa shape index (κ1) is 14.9. The topological polar surface area (TPSA) is 79.2 Å². The third kappa shape index (κ3) is 2.81. The van der Waals surface area contributed by atoms with Crippen molar-refractivity contribution in [1.29, 1.82) is 0 Å². The molecular weight excluding hydrogens is 274 g/mol. The highest BCUT2D eigenvalue weighted by molar-refractivity contribution is 7.89. The van der Waals surface area contributed by atoms with Crippen LogP contribution in [0.1, 0.15) is 20.8 Å². The molecule has 0 amide bonds. The van der Waals surface area contributed by atoms with Crippen molar-refractivity contribution in [1.82, 2.24) is 9.29 Å². The molecule has 6 heteroatoms. The van der Waals surface area contributed by atoms with Crippen molar-refractivity contribution in [2.75, 3.05) is 19.3 Å². The smallest absolute Gasteiger partial charge is 0.244 e. The van der Waals surface area contributed by atoms with E-state index in [-0.39, 0.29) is 5.41 Å². The molecule has 2 aromatic rings. The van der Waals surface area contributed by atoms with Crippen molar-refractivity contribution in [3.8, 4) is 0 Å². The number of nitrogens with two attached hydrogens (primary N) is 1. The number of rotatable bonds is 3. The maximum absolute atomic E-state index is 12.6. The van der Waals surface area contributed by atoms with Crippen molar-refractivity contribution in [2.24, 2.45) is 5.41 Å². The summed E-state index contributed by atoms with van der Waals surface area (Å²) in [7, 11) is -1.90. The molecule has 0 spiro atoms. The highest BCUT2D eigenvalue weighted by Gasteiger charge is 2.27. The van der Waals surface area contributed by atoms with Crippen LogP contribution in [0.5, 0.6) is 0 Å². The van der Waals surface area contributed by atoms with E-state index in [0.717, 1.165) is 5.52 Å². The van der Waals surface area contributed by atoms with Crippen molar-refractivity contribution in [3.05, 3.63) is 24.4 Å². The minimum absolute atomic E-state index is 0.0989. The maximum atomic E-state index is 12.6. The molecule has 1 heterocycles. The number of aromatic nitrogens is 1. The van der Waals surface area contributed by atoms with Gasteiger partial charge in [0.15, 0.2) is 0 Å². The summed E-state index contributed by atoms with van der Waals surface area (Å²) in [6, 6.07) is 5.18. The van der Waals surface area contributed by atoms with Gasteiger partial charge >= 0.3 is 0 Å². The number of sulfonamides is 1. The van der Waals surface area contributed by atoms with E-state index in [2.05, 4.69) is 4.98 Å². The molecule has 0 saturated heterocycles. The normalized spacial score (nSPS) is 13.2. The summed E-state index contributed by atoms with van der Waals surface area (Å²) in [6.45, 7) is 6.48. The summed E-state index contributed by atoms with van der Waals surface area (Å²) in [4.78, 5) is 3.26. The standard InChI is InChI=1S/C14H21N3O2S/c1-14(2,3)9-17(4)20(18,19)13-8-16-12-7-10(15)5-6-11(12)13/h5-8,16H,9,15H2,1-4H3. The van der Waals surface area contributed by atoms with Crippen molar-refractivity contribution >= 4 is 26.6 Å². The number of hydrogen-bond acceptors (Lipinski definition) is 3. The lowest BCUT2D eigenvalue weighted by molar-refractivity contribution is 0.311. The highest BCUT2D eigenvalue weighted by atomic mass is 32.2. The van der Waals surface area contributed by atoms with Crippen LogP contribution in [0.3, 0.4) is 0 Å². The number of nitrogens with one attached hydrogen (secondary N) is 1. The fourth-order valence-corrected chi connectivity index (χ4v) is 3.81. The number of anilines is 1. The molecule has 0 saturated carbocycles. The van der Waals surface area contributed by atoms with Gasteiger partial charge in [0, 0.05) is 36.4 Å². The second kappa shape index (κ2) is 4.79. The first-order chi connectivity index (χ1) is 9.11. The fourth-order valence-electron chi connectivity index (χ4n) is 2.25. The number of fused-ring (bicyclic) bond motifs is 1. The van der Waals surface area contributed by atoms with Crippen LogP contribution in [-0.4, -0.2) is 31.3 Å². The Morgan fingerprint density at radius 3 is 2.55 bits per heavy atom. The highest BCUT2D eigenvalue weighted by Crippen LogP contribution is 2.28. The summed E-state index contributed by atoms with van der Waals surface area (Å²) in [5, 5.41) is 0.667. The fraction of sp³-hybridized carbons (Fsp3) is 0.429. The molecule has 1 aromatic heterocycles. The number of nitrogens with zero attached hydrogens (tertiary/aromatic N) is 1. The summed E-state index contributed by atoms with van der Waals surface area (Å²) in [5.41, 5.74) is 6.94. The van der Waals surface area contributed by atoms with E-state index < -0.39 is 10.0 Å². The molecule has 0 aliphatic heterocycles. The minimum Gasteiger partial charge on any atom is -0.399 e. The van der Waals surface area contributed by atoms with E-state index in [9.17, 15) is 8.42 Å². The van der Waals surface area contributed by atoms with Gasteiger partial charge in [-0.15, -0.1) is 0 Å². The van der Waals surface area contributed by atoms with Gasteiger partial charge in [0.25, 0.3) is 0 Å². The molecule has 0 unspecified atom stereocenters. The average Bonchev–Trinajstić information content (AvgIpc) is 2.69. The molecule has 0 aliphatic carbocycles. The summed E-state index contributed by atoms with van der Waals surface area (Å²) in [6.07, 6.45) is 1.53. The third-order valence-corrected chi connectivity index (χ3v) is 4.90. The van der Waals surface area contributed by atoms with Gasteiger partial charge in [0.1, 0.15) is 4.90 Å². The summed E-state index contributed by atoms with van der Waals surface area (Å²) < 4.78 is 26.7. The van der Waals surface area contributed by atoms with Crippen molar-refractivity contribution in [3.63, 3.8) is 0 Å². The largest absolute Gasteiger partial charge is 0.399 e. The predicted molar refractivity (Wildman–Crippen MR) is 82.0 cm³/mol. The van der Waals surface area contributed by atoms with Gasteiger partial charge in [-0.2, -0.15) is 0 Å². The van der Waals surface area contributed by atoms with Gasteiger partial charge in [0.05, 0.1) is 0 Å². The Kier molecular flexibility index (Phi) is 3.56. The minimum atomic E-state index is -3.51. The van der Waals surface area contributed by atoms with E-state index in [0.29, 0.717) is 22.5 Å². The molecule has 0 bridgehead atoms. The average molecular weight is 295 g/mol. The van der Waals surface area contributed by atoms with Gasteiger partial charge in [0.2, 0.25) is 10.0 Å². The van der Waals surface area contributed by atoms with E-state index >= 15 is 0 Å². The van der Waals surface area contributed by atoms with Crippen LogP contribution in [0, 0.1) is 5.41 Å². The number of aromatic amines is 1. The molecule has 0 atom stereocenters. The second-order valence-corrected chi connectivity index (χ2v) is 8.29. The Bertz CT molecular complexity index is 726. The zero-order chi connectivity index (χ0) is 15.1. The van der Waals surface area contributed by atoms with Crippen LogP contribution in [0.15, 0.2) is 29.3 Å². The number of nitrogen functional groups attached to an aromatic ring is 1. The lowest BCUT2D eigenvalue weighted by Gasteiger charge is -2.25. The second-order valence-electron chi connectivity index (χ2n) is 6.28. The van der Waals surface area contributed by atoms with Crippen LogP contribution in [0.4, 0.5) is 5.69 Å². The lowest BCUT2D eigenvalue weighted by Crippen LogP contribution is -2.34. The van der Waals surface area contributed by atoms with E-state index in [1.54, 1.807) is 25.2 Å². The zero-order valence-corrected chi connectivity index (χ0v) is 13.1. The first-order valence-corrected chi connectivity index (χ1v) is 7.88. The number of hydrogen-bond donors (Lipinski definition) is 2. The molecular formula is C14H21N3O2S. The van der Waals surface area contributed by atoms with Crippen LogP contribution >= 0.6 is 0 Å². The third-order valence-electron chi connectivity index (χ3n) is 3.05. The van der Waals surface area contributed by atoms with Gasteiger partial charge < -0.3 is 10.7 Å². The monoisotopic (exact) mass is 295 g/mol. The first-order valence-electron chi connectivity index (χ1n) is 6.44. The summed E-state index contributed by atoms with van der Waals surface area (Å²) in [5.74, 6) is 0. The SMILES string of the molecule is CN(CC(C)(C)C)S(=O)(=O)c1c[nH]c2cc(N)ccc12. The van der Waals surface area contributed by atoms with Crippen LogP contribution in [-0.2, 0) is 10.0 Å². The van der Waals surface area contributed by atoms with Crippen LogP contribution in [0.2, 0.25) is 0 Å². The van der Waals surface area contributed by atoms with Gasteiger partial charge in [-0.25, -0.2) is 12.7 Å². The lowest BCUT2D eigenvalue weighted by atomic mass is 9.97. The molecule has 0 radical (unpaired) electrons. The number of benzene rings is 1. The Morgan fingerprint density at radius 2 is 1.95 bits per heavy atom. The number of H-pyrrole nitrogens is 1. The molecule has 2 rings (SSSR count). The Morgan fingerprint density at radius 1 is 1.30 bits per heavy atom. The quantitative estimate of drug-likeness (QED) is 0.853. The van der Waals surface area contributed by atoms with Crippen molar-refractivity contribution in [2.45, 2.75) is 25.7 Å². The summed E-state index contributed by atoms with van der Waals surface area (Å²) >= 11 is 0. The molecule has 20 heavy (non-hydrogen) atoms. The maximum Gasteiger partial charge on any atom is 0.244 e. The van der Waals surface area contributed by atoms with Crippen LogP contribution in [0.25, 0.3) is 10.9 Å². The van der Waals surface area contributed by atoms with Crippen molar-refractivity contribution < 1.29 is 8.42 Å². The molecule has 5 nitrogen and oxygen atoms in total. The molecule has 0 fully saturated rings. The molecule has 1 aromatic carbocycles. The Balaban J connectivity index is 2.47. The van der Waals surface area contributed by atoms with E-state index in [4.69, 9.17) is 5.73 Å².